The van der Waals surface area contributed by atoms with Gasteiger partial charge in [0.15, 0.2) is 17.6 Å². The number of allylic oxidation sites excluding steroid dienone is 1. The Labute approximate surface area is 162 Å². The standard InChI is InChI=1S/C23H31NO3/c1-21(2,3)27-16-9-10-22(4)17-13-14-7-8-15(25-6)19-18(14)23(22,20(16)26-19)11-12-24(17)5/h7-9,17,20H,10-13H2,1-6H3/t17-,20+,22+,23+/m1/s1. The zero-order valence-corrected chi connectivity index (χ0v) is 17.4. The fraction of sp³-hybridized carbons (Fsp3) is 0.652. The lowest BCUT2D eigenvalue weighted by Crippen LogP contribution is -2.69. The number of methoxy groups -OCH3 is 1. The molecule has 0 N–H and O–H groups in total. The topological polar surface area (TPSA) is 30.9 Å². The fourth-order valence-corrected chi connectivity index (χ4v) is 6.39. The quantitative estimate of drug-likeness (QED) is 0.787. The lowest BCUT2D eigenvalue weighted by molar-refractivity contribution is -0.102. The molecule has 0 saturated carbocycles. The largest absolute Gasteiger partial charge is 0.493 e. The molecule has 27 heavy (non-hydrogen) atoms. The van der Waals surface area contributed by atoms with Crippen LogP contribution in [0.3, 0.4) is 0 Å². The van der Waals surface area contributed by atoms with Gasteiger partial charge in [-0.15, -0.1) is 0 Å². The normalized spacial score (nSPS) is 36.6. The Kier molecular flexibility index (Phi) is 3.37. The maximum absolute atomic E-state index is 6.72. The van der Waals surface area contributed by atoms with Gasteiger partial charge >= 0.3 is 0 Å². The van der Waals surface area contributed by atoms with Gasteiger partial charge in [0, 0.05) is 17.0 Å². The number of hydrogen-bond donors (Lipinski definition) is 0. The van der Waals surface area contributed by atoms with Crippen molar-refractivity contribution in [3.8, 4) is 11.5 Å². The van der Waals surface area contributed by atoms with E-state index in [0.717, 1.165) is 43.1 Å². The predicted octanol–water partition coefficient (Wildman–Crippen LogP) is 4.06. The van der Waals surface area contributed by atoms with Crippen LogP contribution in [0.25, 0.3) is 0 Å². The summed E-state index contributed by atoms with van der Waals surface area (Å²) in [5, 5.41) is 0. The van der Waals surface area contributed by atoms with Crippen LogP contribution >= 0.6 is 0 Å². The lowest BCUT2D eigenvalue weighted by Gasteiger charge is -2.63. The van der Waals surface area contributed by atoms with Crippen molar-refractivity contribution in [3.05, 3.63) is 35.1 Å². The number of likely N-dealkylation sites (tertiary alicyclic amines) is 1. The number of nitrogens with zero attached hydrogens (tertiary/aromatic N) is 1. The van der Waals surface area contributed by atoms with E-state index in [1.54, 1.807) is 7.11 Å². The average molecular weight is 370 g/mol. The van der Waals surface area contributed by atoms with Gasteiger partial charge in [-0.25, -0.2) is 0 Å². The average Bonchev–Trinajstić information content (AvgIpc) is 2.95. The summed E-state index contributed by atoms with van der Waals surface area (Å²) in [6.07, 6.45) is 5.46. The zero-order valence-electron chi connectivity index (χ0n) is 17.4. The summed E-state index contributed by atoms with van der Waals surface area (Å²) in [5.74, 6) is 2.82. The minimum Gasteiger partial charge on any atom is -0.493 e. The van der Waals surface area contributed by atoms with Gasteiger partial charge in [0.05, 0.1) is 12.5 Å². The molecule has 4 nitrogen and oxygen atoms in total. The van der Waals surface area contributed by atoms with Gasteiger partial charge in [-0.1, -0.05) is 13.0 Å². The lowest BCUT2D eigenvalue weighted by atomic mass is 9.45. The molecule has 146 valence electrons. The van der Waals surface area contributed by atoms with E-state index in [1.165, 1.54) is 11.1 Å². The molecular formula is C23H31NO3. The zero-order chi connectivity index (χ0) is 19.2. The van der Waals surface area contributed by atoms with Crippen LogP contribution in [0.2, 0.25) is 0 Å². The molecule has 2 heterocycles. The highest BCUT2D eigenvalue weighted by Crippen LogP contribution is 2.68. The van der Waals surface area contributed by atoms with Gasteiger partial charge < -0.3 is 19.1 Å². The van der Waals surface area contributed by atoms with E-state index in [4.69, 9.17) is 14.2 Å². The van der Waals surface area contributed by atoms with Crippen molar-refractivity contribution in [2.24, 2.45) is 5.41 Å². The summed E-state index contributed by atoms with van der Waals surface area (Å²) in [7, 11) is 4.02. The van der Waals surface area contributed by atoms with Crippen LogP contribution < -0.4 is 9.47 Å². The SMILES string of the molecule is COc1ccc2c3c1O[C@H]1C(OC(C)(C)C)=CC[C@@]4(C)[C@@H](C2)N(C)CC[C@]314. The Morgan fingerprint density at radius 2 is 2.04 bits per heavy atom. The molecule has 4 heteroatoms. The first-order valence-corrected chi connectivity index (χ1v) is 10.2. The third kappa shape index (κ3) is 2.03. The number of ether oxygens (including phenoxy) is 3. The Morgan fingerprint density at radius 1 is 1.26 bits per heavy atom. The van der Waals surface area contributed by atoms with E-state index in [1.807, 2.05) is 0 Å². The molecule has 0 amide bonds. The molecule has 1 saturated heterocycles. The van der Waals surface area contributed by atoms with Crippen molar-refractivity contribution in [2.75, 3.05) is 20.7 Å². The van der Waals surface area contributed by atoms with Crippen LogP contribution in [0.15, 0.2) is 24.0 Å². The third-order valence-corrected chi connectivity index (χ3v) is 7.53. The summed E-state index contributed by atoms with van der Waals surface area (Å²) < 4.78 is 18.9. The van der Waals surface area contributed by atoms with Gasteiger partial charge in [-0.05, 0) is 71.3 Å². The van der Waals surface area contributed by atoms with Crippen molar-refractivity contribution in [1.82, 2.24) is 4.90 Å². The molecular weight excluding hydrogens is 338 g/mol. The predicted molar refractivity (Wildman–Crippen MR) is 105 cm³/mol. The first-order chi connectivity index (χ1) is 12.7. The fourth-order valence-electron chi connectivity index (χ4n) is 6.39. The molecule has 1 aromatic rings. The summed E-state index contributed by atoms with van der Waals surface area (Å²) >= 11 is 0. The minimum atomic E-state index is -0.235. The Bertz CT molecular complexity index is 839. The maximum atomic E-state index is 6.72. The summed E-state index contributed by atoms with van der Waals surface area (Å²) in [6, 6.07) is 4.87. The molecule has 2 aliphatic carbocycles. The second-order valence-corrected chi connectivity index (χ2v) is 9.99. The molecule has 1 fully saturated rings. The summed E-state index contributed by atoms with van der Waals surface area (Å²) in [4.78, 5) is 2.57. The van der Waals surface area contributed by atoms with Crippen LogP contribution in [0.4, 0.5) is 0 Å². The monoisotopic (exact) mass is 369 g/mol. The van der Waals surface area contributed by atoms with Crippen LogP contribution in [0, 0.1) is 5.41 Å². The second-order valence-electron chi connectivity index (χ2n) is 9.99. The van der Waals surface area contributed by atoms with Crippen molar-refractivity contribution in [2.45, 2.75) is 70.1 Å². The number of rotatable bonds is 2. The van der Waals surface area contributed by atoms with Crippen molar-refractivity contribution < 1.29 is 14.2 Å². The van der Waals surface area contributed by atoms with E-state index < -0.39 is 0 Å². The van der Waals surface area contributed by atoms with Crippen molar-refractivity contribution in [1.29, 1.82) is 0 Å². The maximum Gasteiger partial charge on any atom is 0.166 e. The minimum absolute atomic E-state index is 0.0308. The van der Waals surface area contributed by atoms with Crippen molar-refractivity contribution in [3.63, 3.8) is 0 Å². The van der Waals surface area contributed by atoms with Crippen LogP contribution in [0.5, 0.6) is 11.5 Å². The number of hydrogen-bond acceptors (Lipinski definition) is 4. The number of piperidine rings is 1. The van der Waals surface area contributed by atoms with Crippen molar-refractivity contribution >= 4 is 0 Å². The Balaban J connectivity index is 1.76. The van der Waals surface area contributed by atoms with Crippen LogP contribution in [-0.2, 0) is 16.6 Å². The molecule has 5 rings (SSSR count). The molecule has 2 aliphatic heterocycles. The van der Waals surface area contributed by atoms with Gasteiger partial charge in [0.1, 0.15) is 11.4 Å². The van der Waals surface area contributed by atoms with Crippen LogP contribution in [-0.4, -0.2) is 43.3 Å². The van der Waals surface area contributed by atoms with E-state index in [0.29, 0.717) is 6.04 Å². The molecule has 0 aromatic heterocycles. The van der Waals surface area contributed by atoms with Crippen LogP contribution in [0.1, 0.15) is 51.7 Å². The van der Waals surface area contributed by atoms with E-state index >= 15 is 0 Å². The van der Waals surface area contributed by atoms with E-state index in [9.17, 15) is 0 Å². The smallest absolute Gasteiger partial charge is 0.166 e. The second kappa shape index (κ2) is 5.22. The summed E-state index contributed by atoms with van der Waals surface area (Å²) in [6.45, 7) is 9.92. The first-order valence-electron chi connectivity index (χ1n) is 10.2. The highest BCUT2D eigenvalue weighted by molar-refractivity contribution is 5.63. The van der Waals surface area contributed by atoms with Gasteiger partial charge in [-0.3, -0.25) is 0 Å². The highest BCUT2D eigenvalue weighted by atomic mass is 16.6. The Hall–Kier alpha value is -1.68. The molecule has 1 aromatic carbocycles. The molecule has 4 aliphatic rings. The highest BCUT2D eigenvalue weighted by Gasteiger charge is 2.70. The third-order valence-electron chi connectivity index (χ3n) is 7.53. The van der Waals surface area contributed by atoms with Gasteiger partial charge in [0.25, 0.3) is 0 Å². The summed E-state index contributed by atoms with van der Waals surface area (Å²) in [5.41, 5.74) is 2.71. The van der Waals surface area contributed by atoms with Gasteiger partial charge in [0.2, 0.25) is 0 Å². The Morgan fingerprint density at radius 3 is 2.74 bits per heavy atom. The molecule has 0 unspecified atom stereocenters. The number of benzene rings is 1. The van der Waals surface area contributed by atoms with Gasteiger partial charge in [-0.2, -0.15) is 0 Å². The molecule has 0 radical (unpaired) electrons. The molecule has 1 spiro atoms. The number of likely N-dealkylation sites (N-methyl/N-ethyl adjacent to an activating group) is 1. The van der Waals surface area contributed by atoms with E-state index in [-0.39, 0.29) is 22.5 Å². The molecule has 4 atom stereocenters. The first kappa shape index (κ1) is 17.4. The molecule has 2 bridgehead atoms. The van der Waals surface area contributed by atoms with E-state index in [2.05, 4.69) is 57.9 Å².